The van der Waals surface area contributed by atoms with Crippen molar-refractivity contribution >= 4 is 29.1 Å². The van der Waals surface area contributed by atoms with Gasteiger partial charge in [0.05, 0.1) is 5.75 Å². The molecule has 0 spiro atoms. The first kappa shape index (κ1) is 11.6. The van der Waals surface area contributed by atoms with Crippen LogP contribution in [0.4, 0.5) is 0 Å². The smallest absolute Gasteiger partial charge is 0.195 e. The summed E-state index contributed by atoms with van der Waals surface area (Å²) in [5.41, 5.74) is 1.89. The van der Waals surface area contributed by atoms with Crippen LogP contribution in [0.15, 0.2) is 41.3 Å². The molecule has 3 nitrogen and oxygen atoms in total. The van der Waals surface area contributed by atoms with Gasteiger partial charge in [0.2, 0.25) is 0 Å². The van der Waals surface area contributed by atoms with Crippen molar-refractivity contribution in [3.63, 3.8) is 0 Å². The SMILES string of the molecule is O=C1c2ccccc2C(=O)c2c1ccc1c2C(=O)CS1. The van der Waals surface area contributed by atoms with Gasteiger partial charge < -0.3 is 0 Å². The molecule has 0 saturated carbocycles. The van der Waals surface area contributed by atoms with E-state index in [9.17, 15) is 14.4 Å². The second kappa shape index (κ2) is 3.90. The van der Waals surface area contributed by atoms with Crippen molar-refractivity contribution in [2.24, 2.45) is 0 Å². The minimum absolute atomic E-state index is 0.0672. The average Bonchev–Trinajstić information content (AvgIpc) is 2.86. The lowest BCUT2D eigenvalue weighted by molar-refractivity contribution is 0.0968. The molecule has 0 fully saturated rings. The lowest BCUT2D eigenvalue weighted by Crippen LogP contribution is -2.23. The first-order valence-electron chi connectivity index (χ1n) is 6.20. The van der Waals surface area contributed by atoms with E-state index in [0.717, 1.165) is 4.90 Å². The molecule has 1 heterocycles. The monoisotopic (exact) mass is 280 g/mol. The van der Waals surface area contributed by atoms with E-state index < -0.39 is 0 Å². The number of ketones is 3. The fourth-order valence-corrected chi connectivity index (χ4v) is 3.74. The first-order chi connectivity index (χ1) is 9.68. The summed E-state index contributed by atoms with van der Waals surface area (Å²) in [6.07, 6.45) is 0. The van der Waals surface area contributed by atoms with Crippen molar-refractivity contribution in [3.05, 3.63) is 64.2 Å². The van der Waals surface area contributed by atoms with Gasteiger partial charge in [-0.25, -0.2) is 0 Å². The summed E-state index contributed by atoms with van der Waals surface area (Å²) in [5, 5.41) is 0. The maximum absolute atomic E-state index is 12.6. The van der Waals surface area contributed by atoms with Gasteiger partial charge in [0.25, 0.3) is 0 Å². The van der Waals surface area contributed by atoms with Gasteiger partial charge in [-0.05, 0) is 12.1 Å². The fraction of sp³-hybridized carbons (Fsp3) is 0.0625. The standard InChI is InChI=1S/C16H8O3S/c17-11-7-20-12-6-5-10-13(14(11)12)16(19)9-4-2-1-3-8(9)15(10)18/h1-6H,7H2. The summed E-state index contributed by atoms with van der Waals surface area (Å²) in [5.74, 6) is -0.123. The molecule has 4 heteroatoms. The Hall–Kier alpha value is -2.20. The Morgan fingerprint density at radius 2 is 1.45 bits per heavy atom. The van der Waals surface area contributed by atoms with Gasteiger partial charge in [-0.2, -0.15) is 0 Å². The molecule has 1 aliphatic carbocycles. The van der Waals surface area contributed by atoms with Crippen molar-refractivity contribution < 1.29 is 14.4 Å². The zero-order chi connectivity index (χ0) is 13.9. The minimum atomic E-state index is -0.220. The van der Waals surface area contributed by atoms with Crippen LogP contribution in [0.3, 0.4) is 0 Å². The Morgan fingerprint density at radius 1 is 0.750 bits per heavy atom. The van der Waals surface area contributed by atoms with Crippen LogP contribution in [0.5, 0.6) is 0 Å². The van der Waals surface area contributed by atoms with Crippen LogP contribution in [-0.4, -0.2) is 23.1 Å². The highest BCUT2D eigenvalue weighted by Gasteiger charge is 2.36. The highest BCUT2D eigenvalue weighted by molar-refractivity contribution is 8.00. The fourth-order valence-electron chi connectivity index (χ4n) is 2.78. The van der Waals surface area contributed by atoms with Gasteiger partial charge in [0, 0.05) is 32.7 Å². The molecule has 4 rings (SSSR count). The second-order valence-electron chi connectivity index (χ2n) is 4.78. The van der Waals surface area contributed by atoms with Crippen molar-refractivity contribution in [2.75, 3.05) is 5.75 Å². The Bertz CT molecular complexity index is 820. The van der Waals surface area contributed by atoms with E-state index in [1.807, 2.05) is 0 Å². The highest BCUT2D eigenvalue weighted by atomic mass is 32.2. The summed E-state index contributed by atoms with van der Waals surface area (Å²) < 4.78 is 0. The zero-order valence-electron chi connectivity index (χ0n) is 10.3. The van der Waals surface area contributed by atoms with Gasteiger partial charge in [-0.15, -0.1) is 11.8 Å². The van der Waals surface area contributed by atoms with E-state index >= 15 is 0 Å². The molecule has 0 radical (unpaired) electrons. The van der Waals surface area contributed by atoms with Crippen LogP contribution < -0.4 is 0 Å². The van der Waals surface area contributed by atoms with Gasteiger partial charge in [-0.1, -0.05) is 24.3 Å². The van der Waals surface area contributed by atoms with Crippen LogP contribution in [-0.2, 0) is 0 Å². The Labute approximate surface area is 119 Å². The zero-order valence-corrected chi connectivity index (χ0v) is 11.1. The maximum atomic E-state index is 12.6. The lowest BCUT2D eigenvalue weighted by Gasteiger charge is -2.19. The molecule has 1 aliphatic heterocycles. The summed E-state index contributed by atoms with van der Waals surface area (Å²) in [7, 11) is 0. The van der Waals surface area contributed by atoms with Gasteiger partial charge in [-0.3, -0.25) is 14.4 Å². The molecule has 0 unspecified atom stereocenters. The Kier molecular flexibility index (Phi) is 2.26. The van der Waals surface area contributed by atoms with Crippen molar-refractivity contribution in [1.29, 1.82) is 0 Å². The number of thioether (sulfide) groups is 1. The van der Waals surface area contributed by atoms with Crippen LogP contribution in [0.25, 0.3) is 0 Å². The molecule has 2 aliphatic rings. The summed E-state index contributed by atoms with van der Waals surface area (Å²) in [6.45, 7) is 0. The van der Waals surface area contributed by atoms with Crippen LogP contribution >= 0.6 is 11.8 Å². The van der Waals surface area contributed by atoms with E-state index in [2.05, 4.69) is 0 Å². The van der Waals surface area contributed by atoms with Crippen molar-refractivity contribution in [2.45, 2.75) is 4.90 Å². The third-order valence-corrected chi connectivity index (χ3v) is 4.75. The molecule has 2 aromatic rings. The lowest BCUT2D eigenvalue weighted by atomic mass is 9.81. The third-order valence-electron chi connectivity index (χ3n) is 3.69. The minimum Gasteiger partial charge on any atom is -0.293 e. The number of hydrogen-bond donors (Lipinski definition) is 0. The van der Waals surface area contributed by atoms with E-state index in [1.54, 1.807) is 36.4 Å². The topological polar surface area (TPSA) is 51.2 Å². The van der Waals surface area contributed by atoms with Crippen LogP contribution in [0.2, 0.25) is 0 Å². The van der Waals surface area contributed by atoms with Gasteiger partial charge in [0.15, 0.2) is 17.3 Å². The molecular formula is C16H8O3S. The predicted molar refractivity (Wildman–Crippen MR) is 74.8 cm³/mol. The van der Waals surface area contributed by atoms with Gasteiger partial charge >= 0.3 is 0 Å². The second-order valence-corrected chi connectivity index (χ2v) is 5.79. The van der Waals surface area contributed by atoms with E-state index in [1.165, 1.54) is 11.8 Å². The molecule has 0 bridgehead atoms. The number of benzene rings is 2. The average molecular weight is 280 g/mol. The number of carbonyl (C=O) groups excluding carboxylic acids is 3. The number of fused-ring (bicyclic) bond motifs is 4. The molecule has 0 amide bonds. The first-order valence-corrected chi connectivity index (χ1v) is 7.18. The molecule has 20 heavy (non-hydrogen) atoms. The Balaban J connectivity index is 2.08. The normalized spacial score (nSPS) is 15.9. The number of rotatable bonds is 0. The quantitative estimate of drug-likeness (QED) is 0.635. The molecule has 0 N–H and O–H groups in total. The van der Waals surface area contributed by atoms with Gasteiger partial charge in [0.1, 0.15) is 0 Å². The Morgan fingerprint density at radius 3 is 2.20 bits per heavy atom. The number of hydrogen-bond acceptors (Lipinski definition) is 4. The molecule has 0 aromatic heterocycles. The van der Waals surface area contributed by atoms with Crippen LogP contribution in [0.1, 0.15) is 42.2 Å². The molecular weight excluding hydrogens is 272 g/mol. The summed E-state index contributed by atoms with van der Waals surface area (Å²) in [6, 6.07) is 10.2. The predicted octanol–water partition coefficient (Wildman–Crippen LogP) is 2.75. The van der Waals surface area contributed by atoms with Crippen molar-refractivity contribution in [1.82, 2.24) is 0 Å². The van der Waals surface area contributed by atoms with Crippen LogP contribution in [0, 0.1) is 0 Å². The summed E-state index contributed by atoms with van der Waals surface area (Å²) >= 11 is 1.42. The van der Waals surface area contributed by atoms with E-state index in [4.69, 9.17) is 0 Å². The highest BCUT2D eigenvalue weighted by Crippen LogP contribution is 2.38. The molecule has 0 atom stereocenters. The van der Waals surface area contributed by atoms with E-state index in [0.29, 0.717) is 33.6 Å². The largest absolute Gasteiger partial charge is 0.293 e. The third kappa shape index (κ3) is 1.34. The number of Topliss-reactive ketones (excluding diaryl/α,β-unsaturated/α-hetero) is 1. The molecule has 0 saturated heterocycles. The number of carbonyl (C=O) groups is 3. The maximum Gasteiger partial charge on any atom is 0.195 e. The van der Waals surface area contributed by atoms with Crippen molar-refractivity contribution in [3.8, 4) is 0 Å². The molecule has 96 valence electrons. The summed E-state index contributed by atoms with van der Waals surface area (Å²) in [4.78, 5) is 38.0. The molecule has 2 aromatic carbocycles. The van der Waals surface area contributed by atoms with E-state index in [-0.39, 0.29) is 17.3 Å².